The number of hydrogen-bond donors (Lipinski definition) is 0. The second-order valence-electron chi connectivity index (χ2n) is 2.80. The van der Waals surface area contributed by atoms with Gasteiger partial charge in [-0.05, 0) is 6.26 Å². The molecule has 2 aromatic rings. The van der Waals surface area contributed by atoms with Crippen LogP contribution in [0.15, 0.2) is 35.5 Å². The summed E-state index contributed by atoms with van der Waals surface area (Å²) in [7, 11) is 0. The largest absolute Gasteiger partial charge is 0.210 e. The fourth-order valence-corrected chi connectivity index (χ4v) is 1.73. The maximum atomic E-state index is 6.02. The predicted octanol–water partition coefficient (Wildman–Crippen LogP) is 2.91. The van der Waals surface area contributed by atoms with Crippen molar-refractivity contribution in [2.45, 2.75) is 5.16 Å². The van der Waals surface area contributed by atoms with Crippen LogP contribution in [0.25, 0.3) is 11.3 Å². The van der Waals surface area contributed by atoms with Gasteiger partial charge in [0.1, 0.15) is 5.69 Å². The van der Waals surface area contributed by atoms with Crippen LogP contribution in [0.5, 0.6) is 0 Å². The first kappa shape index (κ1) is 10.4. The quantitative estimate of drug-likeness (QED) is 0.753. The van der Waals surface area contributed by atoms with Gasteiger partial charge in [0.25, 0.3) is 0 Å². The molecule has 0 aliphatic rings. The van der Waals surface area contributed by atoms with Crippen LogP contribution in [-0.2, 0) is 0 Å². The number of benzene rings is 1. The van der Waals surface area contributed by atoms with Crippen LogP contribution < -0.4 is 0 Å². The zero-order valence-corrected chi connectivity index (χ0v) is 9.59. The van der Waals surface area contributed by atoms with E-state index in [0.717, 1.165) is 5.56 Å². The lowest BCUT2D eigenvalue weighted by Crippen LogP contribution is -1.94. The average molecular weight is 238 g/mol. The molecule has 0 fully saturated rings. The molecule has 0 aliphatic heterocycles. The lowest BCUT2D eigenvalue weighted by Gasteiger charge is -2.02. The molecule has 2 rings (SSSR count). The topological polar surface area (TPSA) is 38.7 Å². The van der Waals surface area contributed by atoms with E-state index in [1.165, 1.54) is 11.8 Å². The summed E-state index contributed by atoms with van der Waals surface area (Å²) in [5.74, 6) is 0. The van der Waals surface area contributed by atoms with Crippen LogP contribution in [0.3, 0.4) is 0 Å². The summed E-state index contributed by atoms with van der Waals surface area (Å²) in [6.07, 6.45) is 1.88. The molecule has 76 valence electrons. The Bertz CT molecular complexity index is 461. The Labute approximate surface area is 96.9 Å². The van der Waals surface area contributed by atoms with Gasteiger partial charge in [-0.25, -0.2) is 4.98 Å². The van der Waals surface area contributed by atoms with Crippen LogP contribution in [0, 0.1) is 0 Å². The Morgan fingerprint density at radius 2 is 1.87 bits per heavy atom. The highest BCUT2D eigenvalue weighted by atomic mass is 35.5. The van der Waals surface area contributed by atoms with Crippen molar-refractivity contribution in [3.8, 4) is 11.3 Å². The molecule has 1 aromatic carbocycles. The van der Waals surface area contributed by atoms with E-state index in [1.807, 2.05) is 36.6 Å². The molecule has 3 nitrogen and oxygen atoms in total. The van der Waals surface area contributed by atoms with Crippen molar-refractivity contribution in [3.05, 3.63) is 35.5 Å². The third-order valence-corrected chi connectivity index (χ3v) is 2.66. The van der Waals surface area contributed by atoms with E-state index < -0.39 is 0 Å². The monoisotopic (exact) mass is 237 g/mol. The first-order valence-electron chi connectivity index (χ1n) is 4.31. The van der Waals surface area contributed by atoms with Gasteiger partial charge in [-0.2, -0.15) is 0 Å². The first-order chi connectivity index (χ1) is 7.31. The highest BCUT2D eigenvalue weighted by molar-refractivity contribution is 7.98. The minimum atomic E-state index is 0.389. The molecule has 0 spiro atoms. The molecule has 0 radical (unpaired) electrons. The third-order valence-electron chi connectivity index (χ3n) is 1.85. The summed E-state index contributed by atoms with van der Waals surface area (Å²) >= 11 is 7.43. The molecular formula is C10H8ClN3S. The van der Waals surface area contributed by atoms with Gasteiger partial charge in [0, 0.05) is 5.56 Å². The normalized spacial score (nSPS) is 10.3. The van der Waals surface area contributed by atoms with E-state index in [2.05, 4.69) is 15.2 Å². The fraction of sp³-hybridized carbons (Fsp3) is 0.100. The smallest absolute Gasteiger partial charge is 0.207 e. The molecule has 0 unspecified atom stereocenters. The van der Waals surface area contributed by atoms with E-state index >= 15 is 0 Å². The van der Waals surface area contributed by atoms with Crippen LogP contribution >= 0.6 is 23.4 Å². The lowest BCUT2D eigenvalue weighted by molar-refractivity contribution is 0.847. The van der Waals surface area contributed by atoms with Gasteiger partial charge in [-0.3, -0.25) is 0 Å². The Balaban J connectivity index is 2.46. The minimum absolute atomic E-state index is 0.389. The van der Waals surface area contributed by atoms with Gasteiger partial charge >= 0.3 is 0 Å². The molecular weight excluding hydrogens is 230 g/mol. The molecule has 0 atom stereocenters. The summed E-state index contributed by atoms with van der Waals surface area (Å²) in [4.78, 5) is 4.12. The van der Waals surface area contributed by atoms with E-state index in [-0.39, 0.29) is 0 Å². The predicted molar refractivity (Wildman–Crippen MR) is 62.1 cm³/mol. The van der Waals surface area contributed by atoms with Crippen LogP contribution in [0.4, 0.5) is 0 Å². The van der Waals surface area contributed by atoms with Crippen molar-refractivity contribution in [3.63, 3.8) is 0 Å². The average Bonchev–Trinajstić information content (AvgIpc) is 2.30. The number of thioether (sulfide) groups is 1. The highest BCUT2D eigenvalue weighted by Crippen LogP contribution is 2.24. The number of hydrogen-bond acceptors (Lipinski definition) is 4. The molecule has 1 heterocycles. The van der Waals surface area contributed by atoms with Crippen molar-refractivity contribution >= 4 is 23.4 Å². The minimum Gasteiger partial charge on any atom is -0.207 e. The molecule has 1 aromatic heterocycles. The molecule has 15 heavy (non-hydrogen) atoms. The highest BCUT2D eigenvalue weighted by Gasteiger charge is 2.08. The summed E-state index contributed by atoms with van der Waals surface area (Å²) in [6.45, 7) is 0. The maximum absolute atomic E-state index is 6.02. The second kappa shape index (κ2) is 4.59. The first-order valence-corrected chi connectivity index (χ1v) is 5.91. The standard InChI is InChI=1S/C10H8ClN3S/c1-15-10-12-9(11)8(13-14-10)7-5-3-2-4-6-7/h2-6H,1H3. The van der Waals surface area contributed by atoms with Crippen LogP contribution in [0.2, 0.25) is 5.15 Å². The molecule has 0 amide bonds. The summed E-state index contributed by atoms with van der Waals surface area (Å²) in [6, 6.07) is 9.65. The molecule has 0 saturated carbocycles. The molecule has 0 saturated heterocycles. The number of rotatable bonds is 2. The van der Waals surface area contributed by atoms with Crippen LogP contribution in [0.1, 0.15) is 0 Å². The Hall–Kier alpha value is -1.13. The van der Waals surface area contributed by atoms with Crippen LogP contribution in [-0.4, -0.2) is 21.4 Å². The van der Waals surface area contributed by atoms with Gasteiger partial charge in [0.15, 0.2) is 5.15 Å². The number of halogens is 1. The van der Waals surface area contributed by atoms with E-state index in [4.69, 9.17) is 11.6 Å². The van der Waals surface area contributed by atoms with Gasteiger partial charge < -0.3 is 0 Å². The van der Waals surface area contributed by atoms with Crippen molar-refractivity contribution < 1.29 is 0 Å². The number of nitrogens with zero attached hydrogens (tertiary/aromatic N) is 3. The van der Waals surface area contributed by atoms with Crippen molar-refractivity contribution in [2.75, 3.05) is 6.26 Å². The summed E-state index contributed by atoms with van der Waals surface area (Å²) in [5, 5.41) is 8.98. The van der Waals surface area contributed by atoms with Gasteiger partial charge in [0.2, 0.25) is 5.16 Å². The molecule has 0 aliphatic carbocycles. The third kappa shape index (κ3) is 2.27. The lowest BCUT2D eigenvalue weighted by atomic mass is 10.2. The van der Waals surface area contributed by atoms with E-state index in [9.17, 15) is 0 Å². The Morgan fingerprint density at radius 3 is 2.47 bits per heavy atom. The van der Waals surface area contributed by atoms with E-state index in [0.29, 0.717) is 16.0 Å². The zero-order valence-electron chi connectivity index (χ0n) is 8.01. The number of aromatic nitrogens is 3. The second-order valence-corrected chi connectivity index (χ2v) is 3.94. The zero-order chi connectivity index (χ0) is 10.7. The molecule has 5 heteroatoms. The van der Waals surface area contributed by atoms with Gasteiger partial charge in [-0.1, -0.05) is 53.7 Å². The molecule has 0 N–H and O–H groups in total. The van der Waals surface area contributed by atoms with Crippen molar-refractivity contribution in [2.24, 2.45) is 0 Å². The van der Waals surface area contributed by atoms with Gasteiger partial charge in [-0.15, -0.1) is 10.2 Å². The SMILES string of the molecule is CSc1nnc(-c2ccccc2)c(Cl)n1. The molecule has 0 bridgehead atoms. The fourth-order valence-electron chi connectivity index (χ4n) is 1.15. The van der Waals surface area contributed by atoms with Crippen molar-refractivity contribution in [1.29, 1.82) is 0 Å². The summed E-state index contributed by atoms with van der Waals surface area (Å²) < 4.78 is 0. The Morgan fingerprint density at radius 1 is 1.13 bits per heavy atom. The van der Waals surface area contributed by atoms with Gasteiger partial charge in [0.05, 0.1) is 0 Å². The summed E-state index contributed by atoms with van der Waals surface area (Å²) in [5.41, 5.74) is 1.55. The Kier molecular flexibility index (Phi) is 3.18. The maximum Gasteiger partial charge on any atom is 0.210 e. The van der Waals surface area contributed by atoms with E-state index in [1.54, 1.807) is 0 Å². The van der Waals surface area contributed by atoms with Crippen molar-refractivity contribution in [1.82, 2.24) is 15.2 Å².